The molecule has 6 fully saturated rings. The van der Waals surface area contributed by atoms with Crippen molar-refractivity contribution in [1.29, 1.82) is 0 Å². The quantitative estimate of drug-likeness (QED) is 0.334. The van der Waals surface area contributed by atoms with E-state index in [4.69, 9.17) is 0 Å². The third kappa shape index (κ3) is 1.78. The molecule has 6 saturated carbocycles. The molecule has 0 heterocycles. The molecule has 0 saturated heterocycles. The Morgan fingerprint density at radius 1 is 0.562 bits per heavy atom. The van der Waals surface area contributed by atoms with Gasteiger partial charge in [-0.15, -0.1) is 0 Å². The summed E-state index contributed by atoms with van der Waals surface area (Å²) < 4.78 is 2.66. The molecule has 8 aliphatic rings. The zero-order valence-electron chi connectivity index (χ0n) is 18.3. The second-order valence-electron chi connectivity index (χ2n) is 13.4. The summed E-state index contributed by atoms with van der Waals surface area (Å²) in [5, 5.41) is 0. The zero-order valence-corrected chi connectivity index (χ0v) is 21.5. The smallest absolute Gasteiger partial charge is 0.0257 e. The van der Waals surface area contributed by atoms with Gasteiger partial charge in [-0.25, -0.2) is 0 Å². The number of hydrogen-bond donors (Lipinski definition) is 0. The van der Waals surface area contributed by atoms with Crippen molar-refractivity contribution in [3.05, 3.63) is 55.5 Å². The number of halogens is 2. The number of benzene rings is 2. The normalized spacial score (nSPS) is 50.7. The van der Waals surface area contributed by atoms with Gasteiger partial charge in [-0.05, 0) is 167 Å². The second kappa shape index (κ2) is 5.15. The lowest BCUT2D eigenvalue weighted by Gasteiger charge is -2.43. The lowest BCUT2D eigenvalue weighted by molar-refractivity contribution is 0.0724. The maximum Gasteiger partial charge on any atom is 0.0257 e. The van der Waals surface area contributed by atoms with Crippen molar-refractivity contribution in [2.45, 2.75) is 75.0 Å². The Kier molecular flexibility index (Phi) is 2.86. The maximum absolute atomic E-state index is 4.07. The van der Waals surface area contributed by atoms with Crippen molar-refractivity contribution < 1.29 is 0 Å². The van der Waals surface area contributed by atoms with Crippen LogP contribution < -0.4 is 0 Å². The first-order valence-electron chi connectivity index (χ1n) is 13.2. The predicted molar refractivity (Wildman–Crippen MR) is 134 cm³/mol. The van der Waals surface area contributed by atoms with Crippen LogP contribution in [0.25, 0.3) is 11.1 Å². The Balaban J connectivity index is 1.15. The van der Waals surface area contributed by atoms with Crippen molar-refractivity contribution in [2.75, 3.05) is 0 Å². The standard InChI is InChI=1S/C30H28Br2/c31-27-7-19-17(13-1-15-9-29(11-25(19)29)23(15)3-13)5-21(27)22-6-18-14-2-16-10-30(24(16)4-14)12-26(30)20(18)8-28(22)32/h5-8,13-16,23-26H,1-4,9-12H2. The summed E-state index contributed by atoms with van der Waals surface area (Å²) in [7, 11) is 0. The molecule has 0 nitrogen and oxygen atoms in total. The molecule has 32 heavy (non-hydrogen) atoms. The molecule has 0 aromatic heterocycles. The average Bonchev–Trinajstić information content (AvgIpc) is 3.61. The Hall–Kier alpha value is -0.600. The van der Waals surface area contributed by atoms with Gasteiger partial charge in [0, 0.05) is 8.95 Å². The van der Waals surface area contributed by atoms with E-state index in [1.807, 2.05) is 0 Å². The van der Waals surface area contributed by atoms with Crippen molar-refractivity contribution in [3.8, 4) is 11.1 Å². The van der Waals surface area contributed by atoms with Crippen LogP contribution in [-0.4, -0.2) is 0 Å². The molecule has 2 spiro atoms. The van der Waals surface area contributed by atoms with E-state index in [1.54, 1.807) is 35.1 Å². The maximum atomic E-state index is 4.07. The first kappa shape index (κ1) is 17.8. The number of hydrogen-bond acceptors (Lipinski definition) is 0. The topological polar surface area (TPSA) is 0 Å². The molecule has 2 heteroatoms. The molecule has 0 N–H and O–H groups in total. The van der Waals surface area contributed by atoms with Gasteiger partial charge in [-0.1, -0.05) is 31.9 Å². The van der Waals surface area contributed by atoms with E-state index in [-0.39, 0.29) is 0 Å². The molecular weight excluding hydrogens is 520 g/mol. The molecule has 0 aliphatic heterocycles. The van der Waals surface area contributed by atoms with Crippen LogP contribution in [0.5, 0.6) is 0 Å². The summed E-state index contributed by atoms with van der Waals surface area (Å²) in [6.45, 7) is 0. The molecule has 10 rings (SSSR count). The van der Waals surface area contributed by atoms with Crippen LogP contribution in [0.2, 0.25) is 0 Å². The summed E-state index contributed by atoms with van der Waals surface area (Å²) >= 11 is 8.14. The first-order chi connectivity index (χ1) is 15.6. The summed E-state index contributed by atoms with van der Waals surface area (Å²) in [6, 6.07) is 10.4. The Bertz CT molecular complexity index is 1190. The van der Waals surface area contributed by atoms with Crippen LogP contribution >= 0.6 is 31.9 Å². The number of rotatable bonds is 1. The number of fused-ring (bicyclic) bond motifs is 8. The van der Waals surface area contributed by atoms with Crippen LogP contribution in [0.3, 0.4) is 0 Å². The molecule has 4 bridgehead atoms. The van der Waals surface area contributed by atoms with E-state index in [1.165, 1.54) is 58.6 Å². The third-order valence-electron chi connectivity index (χ3n) is 12.7. The van der Waals surface area contributed by atoms with Gasteiger partial charge < -0.3 is 0 Å². The fourth-order valence-electron chi connectivity index (χ4n) is 11.3. The Morgan fingerprint density at radius 3 is 1.50 bits per heavy atom. The molecule has 2 aromatic carbocycles. The van der Waals surface area contributed by atoms with Crippen LogP contribution in [0.4, 0.5) is 0 Å². The van der Waals surface area contributed by atoms with Crippen molar-refractivity contribution in [1.82, 2.24) is 0 Å². The van der Waals surface area contributed by atoms with E-state index in [0.717, 1.165) is 58.2 Å². The zero-order chi connectivity index (χ0) is 20.7. The molecule has 10 unspecified atom stereocenters. The largest absolute Gasteiger partial charge is 0.0501 e. The van der Waals surface area contributed by atoms with Crippen LogP contribution in [0.1, 0.15) is 97.3 Å². The van der Waals surface area contributed by atoms with Gasteiger partial charge in [0.1, 0.15) is 0 Å². The minimum absolute atomic E-state index is 0.732. The van der Waals surface area contributed by atoms with Crippen molar-refractivity contribution in [3.63, 3.8) is 0 Å². The second-order valence-corrected chi connectivity index (χ2v) is 15.1. The first-order valence-corrected chi connectivity index (χ1v) is 14.8. The van der Waals surface area contributed by atoms with E-state index < -0.39 is 0 Å². The average molecular weight is 548 g/mol. The highest BCUT2D eigenvalue weighted by atomic mass is 79.9. The van der Waals surface area contributed by atoms with Gasteiger partial charge in [0.2, 0.25) is 0 Å². The Morgan fingerprint density at radius 2 is 1.03 bits per heavy atom. The third-order valence-corrected chi connectivity index (χ3v) is 14.0. The fourth-order valence-corrected chi connectivity index (χ4v) is 12.4. The summed E-state index contributed by atoms with van der Waals surface area (Å²) in [6.07, 6.45) is 11.9. The summed E-state index contributed by atoms with van der Waals surface area (Å²) in [5.74, 6) is 7.61. The molecule has 8 aliphatic carbocycles. The monoisotopic (exact) mass is 546 g/mol. The molecule has 2 aromatic rings. The van der Waals surface area contributed by atoms with Crippen molar-refractivity contribution >= 4 is 31.9 Å². The Labute approximate surface area is 207 Å². The highest BCUT2D eigenvalue weighted by Gasteiger charge is 2.73. The van der Waals surface area contributed by atoms with Gasteiger partial charge >= 0.3 is 0 Å². The van der Waals surface area contributed by atoms with Crippen LogP contribution in [0.15, 0.2) is 33.2 Å². The highest BCUT2D eigenvalue weighted by Crippen LogP contribution is 2.83. The predicted octanol–water partition coefficient (Wildman–Crippen LogP) is 8.88. The minimum Gasteiger partial charge on any atom is -0.0501 e. The minimum atomic E-state index is 0.732. The van der Waals surface area contributed by atoms with Gasteiger partial charge in [-0.2, -0.15) is 0 Å². The van der Waals surface area contributed by atoms with Gasteiger partial charge in [-0.3, -0.25) is 0 Å². The van der Waals surface area contributed by atoms with Crippen LogP contribution in [0, 0.1) is 34.5 Å². The van der Waals surface area contributed by atoms with Gasteiger partial charge in [0.15, 0.2) is 0 Å². The van der Waals surface area contributed by atoms with E-state index in [9.17, 15) is 0 Å². The van der Waals surface area contributed by atoms with E-state index in [2.05, 4.69) is 56.1 Å². The SMILES string of the molecule is Brc1cc2c(cc1-c1cc3c(cc1Br)C1CC14CC1CC3CC14)C1CC3CC4(CC24)C3C1. The highest BCUT2D eigenvalue weighted by molar-refractivity contribution is 9.11. The van der Waals surface area contributed by atoms with E-state index >= 15 is 0 Å². The van der Waals surface area contributed by atoms with Crippen LogP contribution in [-0.2, 0) is 0 Å². The molecule has 0 amide bonds. The lowest BCUT2D eigenvalue weighted by atomic mass is 9.62. The summed E-state index contributed by atoms with van der Waals surface area (Å²) in [5.41, 5.74) is 11.2. The molecule has 162 valence electrons. The fraction of sp³-hybridized carbons (Fsp3) is 0.600. The van der Waals surface area contributed by atoms with Crippen molar-refractivity contribution in [2.24, 2.45) is 34.5 Å². The molecule has 10 atom stereocenters. The van der Waals surface area contributed by atoms with E-state index in [0.29, 0.717) is 0 Å². The summed E-state index contributed by atoms with van der Waals surface area (Å²) in [4.78, 5) is 0. The molecule has 0 radical (unpaired) electrons. The van der Waals surface area contributed by atoms with Gasteiger partial charge in [0.25, 0.3) is 0 Å². The van der Waals surface area contributed by atoms with Gasteiger partial charge in [0.05, 0.1) is 0 Å². The lowest BCUT2D eigenvalue weighted by Crippen LogP contribution is -2.35. The molecular formula is C30H28Br2.